The van der Waals surface area contributed by atoms with Crippen LogP contribution in [0.1, 0.15) is 36.0 Å². The molecule has 0 aliphatic carbocycles. The van der Waals surface area contributed by atoms with Gasteiger partial charge in [0, 0.05) is 30.2 Å². The summed E-state index contributed by atoms with van der Waals surface area (Å²) < 4.78 is 0. The van der Waals surface area contributed by atoms with Crippen molar-refractivity contribution in [3.8, 4) is 0 Å². The highest BCUT2D eigenvalue weighted by atomic mass is 32.2. The second kappa shape index (κ2) is 9.13. The molecule has 0 radical (unpaired) electrons. The fourth-order valence-electron chi connectivity index (χ4n) is 3.52. The van der Waals surface area contributed by atoms with Gasteiger partial charge in [0.1, 0.15) is 0 Å². The minimum atomic E-state index is 0.0603. The number of benzene rings is 2. The molecule has 26 heavy (non-hydrogen) atoms. The Morgan fingerprint density at radius 1 is 1.00 bits per heavy atom. The lowest BCUT2D eigenvalue weighted by atomic mass is 10.1. The molecule has 138 valence electrons. The highest BCUT2D eigenvalue weighted by molar-refractivity contribution is 7.99. The highest BCUT2D eigenvalue weighted by Gasteiger charge is 2.11. The Kier molecular flexibility index (Phi) is 6.62. The van der Waals surface area contributed by atoms with Crippen molar-refractivity contribution in [2.24, 2.45) is 0 Å². The van der Waals surface area contributed by atoms with Crippen LogP contribution < -0.4 is 10.2 Å². The fraction of sp³-hybridized carbons (Fsp3) is 0.409. The van der Waals surface area contributed by atoms with Gasteiger partial charge in [-0.05, 0) is 62.9 Å². The summed E-state index contributed by atoms with van der Waals surface area (Å²) in [6.07, 6.45) is 3.89. The molecule has 4 heteroatoms. The van der Waals surface area contributed by atoms with Crippen molar-refractivity contribution >= 4 is 29.0 Å². The number of carbonyl (C=O) groups excluding carboxylic acids is 1. The summed E-state index contributed by atoms with van der Waals surface area (Å²) in [5.74, 6) is 1.40. The van der Waals surface area contributed by atoms with Gasteiger partial charge in [-0.15, -0.1) is 11.8 Å². The van der Waals surface area contributed by atoms with Crippen molar-refractivity contribution in [3.05, 3.63) is 59.2 Å². The van der Waals surface area contributed by atoms with Crippen molar-refractivity contribution in [1.29, 1.82) is 0 Å². The summed E-state index contributed by atoms with van der Waals surface area (Å²) in [6.45, 7) is 6.50. The number of thioether (sulfide) groups is 1. The minimum absolute atomic E-state index is 0.0603. The van der Waals surface area contributed by atoms with Crippen LogP contribution in [0.3, 0.4) is 0 Å². The number of piperidine rings is 1. The molecule has 1 heterocycles. The van der Waals surface area contributed by atoms with Crippen LogP contribution in [0.15, 0.2) is 42.5 Å². The van der Waals surface area contributed by atoms with Gasteiger partial charge in [-0.2, -0.15) is 0 Å². The third kappa shape index (κ3) is 5.53. The summed E-state index contributed by atoms with van der Waals surface area (Å²) in [6, 6.07) is 14.8. The van der Waals surface area contributed by atoms with Gasteiger partial charge in [-0.1, -0.05) is 29.3 Å². The Morgan fingerprint density at radius 2 is 1.65 bits per heavy atom. The zero-order chi connectivity index (χ0) is 18.4. The maximum Gasteiger partial charge on any atom is 0.234 e. The molecule has 0 aromatic heterocycles. The zero-order valence-electron chi connectivity index (χ0n) is 15.8. The largest absolute Gasteiger partial charge is 0.372 e. The molecule has 0 saturated carbocycles. The van der Waals surface area contributed by atoms with E-state index >= 15 is 0 Å². The first kappa shape index (κ1) is 18.8. The van der Waals surface area contributed by atoms with Gasteiger partial charge < -0.3 is 10.2 Å². The van der Waals surface area contributed by atoms with Crippen molar-refractivity contribution in [2.45, 2.75) is 38.9 Å². The number of anilines is 2. The second-order valence-corrected chi connectivity index (χ2v) is 8.12. The monoisotopic (exact) mass is 368 g/mol. The first-order valence-corrected chi connectivity index (χ1v) is 10.6. The molecule has 1 saturated heterocycles. The van der Waals surface area contributed by atoms with Crippen LogP contribution in [0, 0.1) is 13.8 Å². The van der Waals surface area contributed by atoms with Crippen molar-refractivity contribution in [3.63, 3.8) is 0 Å². The van der Waals surface area contributed by atoms with Crippen LogP contribution in [0.25, 0.3) is 0 Å². The molecule has 0 atom stereocenters. The summed E-state index contributed by atoms with van der Waals surface area (Å²) in [4.78, 5) is 14.6. The molecule has 1 fully saturated rings. The van der Waals surface area contributed by atoms with E-state index in [9.17, 15) is 4.79 Å². The van der Waals surface area contributed by atoms with Crippen molar-refractivity contribution in [2.75, 3.05) is 29.1 Å². The predicted octanol–water partition coefficient (Wildman–Crippen LogP) is 5.17. The van der Waals surface area contributed by atoms with Gasteiger partial charge in [0.15, 0.2) is 0 Å². The van der Waals surface area contributed by atoms with Gasteiger partial charge in [-0.25, -0.2) is 0 Å². The van der Waals surface area contributed by atoms with E-state index in [1.807, 2.05) is 12.1 Å². The zero-order valence-corrected chi connectivity index (χ0v) is 16.6. The van der Waals surface area contributed by atoms with Gasteiger partial charge >= 0.3 is 0 Å². The second-order valence-electron chi connectivity index (χ2n) is 7.13. The van der Waals surface area contributed by atoms with Crippen molar-refractivity contribution < 1.29 is 4.79 Å². The van der Waals surface area contributed by atoms with Crippen LogP contribution in [0.4, 0.5) is 11.4 Å². The van der Waals surface area contributed by atoms with Gasteiger partial charge in [0.05, 0.1) is 5.75 Å². The minimum Gasteiger partial charge on any atom is -0.372 e. The standard InChI is InChI=1S/C22H28N2OS/c1-17-12-18(2)14-19(13-17)15-26-16-22(25)23-20-6-8-21(9-7-20)24-10-4-3-5-11-24/h6-9,12-14H,3-5,10-11,15-16H2,1-2H3,(H,23,25). The van der Waals surface area contributed by atoms with E-state index in [0.29, 0.717) is 5.75 Å². The summed E-state index contributed by atoms with van der Waals surface area (Å²) in [5, 5.41) is 3.00. The highest BCUT2D eigenvalue weighted by Crippen LogP contribution is 2.22. The number of hydrogen-bond acceptors (Lipinski definition) is 3. The molecule has 0 bridgehead atoms. The Hall–Kier alpha value is -1.94. The molecule has 0 unspecified atom stereocenters. The summed E-state index contributed by atoms with van der Waals surface area (Å²) in [7, 11) is 0. The smallest absolute Gasteiger partial charge is 0.234 e. The third-order valence-corrected chi connectivity index (χ3v) is 5.66. The molecule has 3 rings (SSSR count). The molecular formula is C22H28N2OS. The SMILES string of the molecule is Cc1cc(C)cc(CSCC(=O)Nc2ccc(N3CCCCC3)cc2)c1. The maximum absolute atomic E-state index is 12.2. The number of carbonyl (C=O) groups is 1. The fourth-order valence-corrected chi connectivity index (χ4v) is 4.28. The first-order valence-electron chi connectivity index (χ1n) is 9.40. The number of hydrogen-bond donors (Lipinski definition) is 1. The number of nitrogens with one attached hydrogen (secondary N) is 1. The van der Waals surface area contributed by atoms with E-state index in [-0.39, 0.29) is 5.91 Å². The van der Waals surface area contributed by atoms with E-state index in [1.165, 1.54) is 41.6 Å². The van der Waals surface area contributed by atoms with E-state index in [0.717, 1.165) is 24.5 Å². The molecule has 2 aromatic rings. The summed E-state index contributed by atoms with van der Waals surface area (Å²) in [5.41, 5.74) is 5.97. The van der Waals surface area contributed by atoms with E-state index in [2.05, 4.69) is 54.4 Å². The molecule has 1 aliphatic heterocycles. The quantitative estimate of drug-likeness (QED) is 0.764. The van der Waals surface area contributed by atoms with Gasteiger partial charge in [0.2, 0.25) is 5.91 Å². The summed E-state index contributed by atoms with van der Waals surface area (Å²) >= 11 is 1.66. The number of aryl methyl sites for hydroxylation is 2. The molecule has 0 spiro atoms. The Balaban J connectivity index is 1.45. The molecule has 3 nitrogen and oxygen atoms in total. The number of nitrogens with zero attached hydrogens (tertiary/aromatic N) is 1. The van der Waals surface area contributed by atoms with Crippen LogP contribution in [0.5, 0.6) is 0 Å². The topological polar surface area (TPSA) is 32.3 Å². The Labute approximate surface area is 161 Å². The maximum atomic E-state index is 12.2. The molecule has 1 N–H and O–H groups in total. The van der Waals surface area contributed by atoms with Crippen LogP contribution in [0.2, 0.25) is 0 Å². The third-order valence-electron chi connectivity index (χ3n) is 4.66. The predicted molar refractivity (Wildman–Crippen MR) is 113 cm³/mol. The lowest BCUT2D eigenvalue weighted by molar-refractivity contribution is -0.113. The van der Waals surface area contributed by atoms with Crippen LogP contribution >= 0.6 is 11.8 Å². The van der Waals surface area contributed by atoms with E-state index in [4.69, 9.17) is 0 Å². The van der Waals surface area contributed by atoms with Crippen molar-refractivity contribution in [1.82, 2.24) is 0 Å². The molecule has 1 amide bonds. The average Bonchev–Trinajstić information content (AvgIpc) is 2.62. The normalized spacial score (nSPS) is 14.3. The number of amides is 1. The molecule has 2 aromatic carbocycles. The van der Waals surface area contributed by atoms with Gasteiger partial charge in [-0.3, -0.25) is 4.79 Å². The average molecular weight is 369 g/mol. The lowest BCUT2D eigenvalue weighted by Gasteiger charge is -2.28. The van der Waals surface area contributed by atoms with E-state index < -0.39 is 0 Å². The van der Waals surface area contributed by atoms with Crippen LogP contribution in [-0.2, 0) is 10.5 Å². The number of rotatable bonds is 6. The Morgan fingerprint density at radius 3 is 2.31 bits per heavy atom. The van der Waals surface area contributed by atoms with Crippen LogP contribution in [-0.4, -0.2) is 24.7 Å². The van der Waals surface area contributed by atoms with Gasteiger partial charge in [0.25, 0.3) is 0 Å². The Bertz CT molecular complexity index is 716. The first-order chi connectivity index (χ1) is 12.6. The lowest BCUT2D eigenvalue weighted by Crippen LogP contribution is -2.29. The molecule has 1 aliphatic rings. The van der Waals surface area contributed by atoms with E-state index in [1.54, 1.807) is 11.8 Å². The molecular weight excluding hydrogens is 340 g/mol.